The molecular weight excluding hydrogens is 268 g/mol. The molecule has 0 radical (unpaired) electrons. The van der Waals surface area contributed by atoms with Crippen LogP contribution >= 0.6 is 0 Å². The van der Waals surface area contributed by atoms with E-state index in [0.717, 1.165) is 10.9 Å². The summed E-state index contributed by atoms with van der Waals surface area (Å²) in [6.07, 6.45) is 3.30. The number of aromatic amines is 1. The number of aromatic nitrogens is 2. The molecule has 0 aliphatic rings. The highest BCUT2D eigenvalue weighted by atomic mass is 16.5. The molecule has 5 nitrogen and oxygen atoms in total. The van der Waals surface area contributed by atoms with E-state index in [-0.39, 0.29) is 5.97 Å². The third-order valence-electron chi connectivity index (χ3n) is 3.02. The van der Waals surface area contributed by atoms with Gasteiger partial charge in [0, 0.05) is 29.4 Å². The first-order chi connectivity index (χ1) is 10.3. The van der Waals surface area contributed by atoms with Crippen molar-refractivity contribution in [3.05, 3.63) is 54.4 Å². The highest BCUT2D eigenvalue weighted by molar-refractivity contribution is 5.89. The first-order valence-electron chi connectivity index (χ1n) is 6.65. The largest absolute Gasteiger partial charge is 0.462 e. The second-order valence-electron chi connectivity index (χ2n) is 4.40. The predicted octanol–water partition coefficient (Wildman–Crippen LogP) is 3.53. The van der Waals surface area contributed by atoms with Crippen LogP contribution in [0.25, 0.3) is 10.9 Å². The van der Waals surface area contributed by atoms with Crippen LogP contribution in [-0.2, 0) is 4.74 Å². The lowest BCUT2D eigenvalue weighted by Crippen LogP contribution is -2.04. The van der Waals surface area contributed by atoms with Gasteiger partial charge in [0.2, 0.25) is 5.88 Å². The Balaban J connectivity index is 1.82. The summed E-state index contributed by atoms with van der Waals surface area (Å²) < 4.78 is 10.7. The maximum Gasteiger partial charge on any atom is 0.339 e. The number of hydrogen-bond donors (Lipinski definition) is 1. The van der Waals surface area contributed by atoms with Crippen LogP contribution in [0.3, 0.4) is 0 Å². The zero-order valence-corrected chi connectivity index (χ0v) is 11.5. The predicted molar refractivity (Wildman–Crippen MR) is 78.6 cm³/mol. The lowest BCUT2D eigenvalue weighted by Gasteiger charge is -2.06. The smallest absolute Gasteiger partial charge is 0.339 e. The number of H-pyrrole nitrogens is 1. The summed E-state index contributed by atoms with van der Waals surface area (Å²) in [6, 6.07) is 11.0. The molecule has 3 rings (SSSR count). The van der Waals surface area contributed by atoms with E-state index in [1.807, 2.05) is 30.5 Å². The Bertz CT molecular complexity index is 763. The molecule has 0 amide bonds. The lowest BCUT2D eigenvalue weighted by atomic mass is 10.2. The zero-order valence-electron chi connectivity index (χ0n) is 11.5. The monoisotopic (exact) mass is 282 g/mol. The highest BCUT2D eigenvalue weighted by Crippen LogP contribution is 2.28. The molecule has 2 aromatic heterocycles. The van der Waals surface area contributed by atoms with Gasteiger partial charge in [0.05, 0.1) is 12.2 Å². The molecule has 0 fully saturated rings. The summed E-state index contributed by atoms with van der Waals surface area (Å²) in [5, 5.41) is 0.980. The molecule has 21 heavy (non-hydrogen) atoms. The maximum atomic E-state index is 11.5. The van der Waals surface area contributed by atoms with Crippen LogP contribution in [0, 0.1) is 0 Å². The number of rotatable bonds is 4. The van der Waals surface area contributed by atoms with Crippen molar-refractivity contribution in [2.45, 2.75) is 6.92 Å². The topological polar surface area (TPSA) is 64.2 Å². The van der Waals surface area contributed by atoms with Crippen LogP contribution in [0.15, 0.2) is 48.8 Å². The van der Waals surface area contributed by atoms with Crippen LogP contribution in [0.2, 0.25) is 0 Å². The van der Waals surface area contributed by atoms with Crippen molar-refractivity contribution in [3.8, 4) is 11.6 Å². The van der Waals surface area contributed by atoms with Crippen LogP contribution in [0.5, 0.6) is 11.6 Å². The number of benzene rings is 1. The van der Waals surface area contributed by atoms with Crippen molar-refractivity contribution in [2.75, 3.05) is 6.61 Å². The van der Waals surface area contributed by atoms with Crippen molar-refractivity contribution < 1.29 is 14.3 Å². The van der Waals surface area contributed by atoms with E-state index >= 15 is 0 Å². The van der Waals surface area contributed by atoms with E-state index < -0.39 is 0 Å². The number of carbonyl (C=O) groups is 1. The standard InChI is InChI=1S/C16H14N2O3/c1-2-20-16(19)11-6-7-15(18-10-11)21-14-5-3-4-13-12(14)8-9-17-13/h3-10,17H,2H2,1H3. The Labute approximate surface area is 121 Å². The van der Waals surface area contributed by atoms with Gasteiger partial charge in [0.15, 0.2) is 0 Å². The molecule has 1 aromatic carbocycles. The Hall–Kier alpha value is -2.82. The van der Waals surface area contributed by atoms with Crippen molar-refractivity contribution in [1.29, 1.82) is 0 Å². The number of nitrogens with one attached hydrogen (secondary N) is 1. The van der Waals surface area contributed by atoms with Gasteiger partial charge in [-0.1, -0.05) is 6.07 Å². The van der Waals surface area contributed by atoms with Gasteiger partial charge < -0.3 is 14.5 Å². The molecule has 1 N–H and O–H groups in total. The van der Waals surface area contributed by atoms with Crippen LogP contribution in [0.1, 0.15) is 17.3 Å². The van der Waals surface area contributed by atoms with Gasteiger partial charge in [-0.25, -0.2) is 9.78 Å². The summed E-state index contributed by atoms with van der Waals surface area (Å²) >= 11 is 0. The van der Waals surface area contributed by atoms with Crippen LogP contribution in [0.4, 0.5) is 0 Å². The van der Waals surface area contributed by atoms with Crippen molar-refractivity contribution in [2.24, 2.45) is 0 Å². The number of carbonyl (C=O) groups excluding carboxylic acids is 1. The number of pyridine rings is 1. The van der Waals surface area contributed by atoms with Gasteiger partial charge in [0.25, 0.3) is 0 Å². The Kier molecular flexibility index (Phi) is 3.55. The second-order valence-corrected chi connectivity index (χ2v) is 4.40. The highest BCUT2D eigenvalue weighted by Gasteiger charge is 2.08. The number of fused-ring (bicyclic) bond motifs is 1. The molecule has 0 saturated heterocycles. The second kappa shape index (κ2) is 5.66. The Morgan fingerprint density at radius 2 is 2.14 bits per heavy atom. The fraction of sp³-hybridized carbons (Fsp3) is 0.125. The molecule has 0 bridgehead atoms. The summed E-state index contributed by atoms with van der Waals surface area (Å²) in [5.74, 6) is 0.756. The lowest BCUT2D eigenvalue weighted by molar-refractivity contribution is 0.0526. The minimum atomic E-state index is -0.385. The molecule has 2 heterocycles. The summed E-state index contributed by atoms with van der Waals surface area (Å²) in [7, 11) is 0. The minimum absolute atomic E-state index is 0.340. The average Bonchev–Trinajstić information content (AvgIpc) is 2.98. The van der Waals surface area contributed by atoms with E-state index in [4.69, 9.17) is 9.47 Å². The van der Waals surface area contributed by atoms with Gasteiger partial charge >= 0.3 is 5.97 Å². The number of ether oxygens (including phenoxy) is 2. The SMILES string of the molecule is CCOC(=O)c1ccc(Oc2cccc3[nH]ccc23)nc1. The summed E-state index contributed by atoms with van der Waals surface area (Å²) in [4.78, 5) is 18.8. The third kappa shape index (κ3) is 2.72. The zero-order chi connectivity index (χ0) is 14.7. The van der Waals surface area contributed by atoms with Crippen molar-refractivity contribution in [3.63, 3.8) is 0 Å². The number of hydrogen-bond acceptors (Lipinski definition) is 4. The van der Waals surface area contributed by atoms with Crippen molar-refractivity contribution in [1.82, 2.24) is 9.97 Å². The first-order valence-corrected chi connectivity index (χ1v) is 6.65. The van der Waals surface area contributed by atoms with Gasteiger partial charge in [-0.2, -0.15) is 0 Å². The Morgan fingerprint density at radius 3 is 2.90 bits per heavy atom. The van der Waals surface area contributed by atoms with Gasteiger partial charge in [-0.15, -0.1) is 0 Å². The quantitative estimate of drug-likeness (QED) is 0.743. The van der Waals surface area contributed by atoms with Gasteiger partial charge in [-0.05, 0) is 31.2 Å². The summed E-state index contributed by atoms with van der Waals surface area (Å²) in [6.45, 7) is 2.10. The number of esters is 1. The van der Waals surface area contributed by atoms with Crippen LogP contribution < -0.4 is 4.74 Å². The summed E-state index contributed by atoms with van der Waals surface area (Å²) in [5.41, 5.74) is 1.40. The molecule has 5 heteroatoms. The molecule has 3 aromatic rings. The number of nitrogens with zero attached hydrogens (tertiary/aromatic N) is 1. The normalized spacial score (nSPS) is 10.5. The van der Waals surface area contributed by atoms with Crippen LogP contribution in [-0.4, -0.2) is 22.5 Å². The van der Waals surface area contributed by atoms with Gasteiger partial charge in [0.1, 0.15) is 5.75 Å². The van der Waals surface area contributed by atoms with E-state index in [1.54, 1.807) is 19.1 Å². The molecule has 0 aliphatic heterocycles. The average molecular weight is 282 g/mol. The molecule has 0 aliphatic carbocycles. The van der Waals surface area contributed by atoms with E-state index in [9.17, 15) is 4.79 Å². The van der Waals surface area contributed by atoms with Crippen molar-refractivity contribution >= 4 is 16.9 Å². The molecule has 0 spiro atoms. The fourth-order valence-electron chi connectivity index (χ4n) is 2.03. The van der Waals surface area contributed by atoms with E-state index in [0.29, 0.717) is 23.8 Å². The molecule has 0 saturated carbocycles. The maximum absolute atomic E-state index is 11.5. The Morgan fingerprint density at radius 1 is 1.24 bits per heavy atom. The van der Waals surface area contributed by atoms with E-state index in [2.05, 4.69) is 9.97 Å². The molecule has 106 valence electrons. The van der Waals surface area contributed by atoms with Gasteiger partial charge in [-0.3, -0.25) is 0 Å². The van der Waals surface area contributed by atoms with E-state index in [1.165, 1.54) is 6.20 Å². The third-order valence-corrected chi connectivity index (χ3v) is 3.02. The fourth-order valence-corrected chi connectivity index (χ4v) is 2.03. The molecule has 0 atom stereocenters. The molecular formula is C16H14N2O3. The molecule has 0 unspecified atom stereocenters. The first kappa shape index (κ1) is 13.2. The minimum Gasteiger partial charge on any atom is -0.462 e.